The van der Waals surface area contributed by atoms with Crippen LogP contribution in [-0.2, 0) is 14.8 Å². The fourth-order valence-electron chi connectivity index (χ4n) is 3.24. The van der Waals surface area contributed by atoms with Crippen molar-refractivity contribution in [3.8, 4) is 22.4 Å². The lowest BCUT2D eigenvalue weighted by molar-refractivity contribution is 0.0691. The maximum atomic E-state index is 13.4. The number of hydrogen-bond acceptors (Lipinski definition) is 6. The minimum Gasteiger partial charge on any atom is -0.476 e. The third-order valence-corrected chi connectivity index (χ3v) is 6.62. The van der Waals surface area contributed by atoms with Crippen LogP contribution in [0.25, 0.3) is 22.4 Å². The number of H-pyrrole nitrogens is 1. The number of ether oxygens (including phenoxy) is 1. The highest BCUT2D eigenvalue weighted by Gasteiger charge is 2.31. The summed E-state index contributed by atoms with van der Waals surface area (Å²) in [4.78, 5) is 11.5. The van der Waals surface area contributed by atoms with Crippen LogP contribution in [0.2, 0.25) is 0 Å². The van der Waals surface area contributed by atoms with Gasteiger partial charge in [0.05, 0.1) is 18.1 Å². The summed E-state index contributed by atoms with van der Waals surface area (Å²) in [6.07, 6.45) is 0. The van der Waals surface area contributed by atoms with Gasteiger partial charge in [-0.2, -0.15) is 14.6 Å². The SMILES string of the molecule is O=C(O)c1n[nH]nc1-c1ccc(-c2ccccc2)cc1S(=O)(=O)N1CCOCC1. The van der Waals surface area contributed by atoms with Crippen LogP contribution in [0.5, 0.6) is 0 Å². The number of hydrogen-bond donors (Lipinski definition) is 2. The second-order valence-electron chi connectivity index (χ2n) is 6.42. The van der Waals surface area contributed by atoms with Crippen molar-refractivity contribution in [1.29, 1.82) is 0 Å². The number of aromatic nitrogens is 3. The molecule has 0 unspecified atom stereocenters. The van der Waals surface area contributed by atoms with E-state index in [-0.39, 0.29) is 34.9 Å². The Kier molecular flexibility index (Phi) is 5.14. The number of morpholine rings is 1. The maximum Gasteiger partial charge on any atom is 0.358 e. The van der Waals surface area contributed by atoms with Crippen LogP contribution in [0.15, 0.2) is 53.4 Å². The molecule has 3 aromatic rings. The van der Waals surface area contributed by atoms with Gasteiger partial charge in [-0.1, -0.05) is 42.5 Å². The van der Waals surface area contributed by atoms with Crippen LogP contribution in [0.1, 0.15) is 10.5 Å². The predicted octanol–water partition coefficient (Wildman–Crippen LogP) is 1.86. The molecular weight excluding hydrogens is 396 g/mol. The Morgan fingerprint density at radius 3 is 2.45 bits per heavy atom. The fourth-order valence-corrected chi connectivity index (χ4v) is 4.86. The van der Waals surface area contributed by atoms with Crippen LogP contribution in [0, 0.1) is 0 Å². The Labute approximate surface area is 167 Å². The normalized spacial score (nSPS) is 15.3. The number of aromatic carboxylic acids is 1. The van der Waals surface area contributed by atoms with Gasteiger partial charge in [0.15, 0.2) is 5.69 Å². The first-order chi connectivity index (χ1) is 14.0. The summed E-state index contributed by atoms with van der Waals surface area (Å²) in [5, 5.41) is 19.2. The van der Waals surface area contributed by atoms with Crippen molar-refractivity contribution in [2.24, 2.45) is 0 Å². The van der Waals surface area contributed by atoms with Gasteiger partial charge in [0.2, 0.25) is 10.0 Å². The topological polar surface area (TPSA) is 125 Å². The van der Waals surface area contributed by atoms with Crippen molar-refractivity contribution in [2.45, 2.75) is 4.90 Å². The number of nitrogens with zero attached hydrogens (tertiary/aromatic N) is 3. The van der Waals surface area contributed by atoms with E-state index in [1.165, 1.54) is 4.31 Å². The smallest absolute Gasteiger partial charge is 0.358 e. The average molecular weight is 414 g/mol. The van der Waals surface area contributed by atoms with Crippen molar-refractivity contribution in [3.63, 3.8) is 0 Å². The maximum absolute atomic E-state index is 13.4. The molecular formula is C19H18N4O5S. The summed E-state index contributed by atoms with van der Waals surface area (Å²) in [7, 11) is -3.91. The molecule has 1 aliphatic rings. The summed E-state index contributed by atoms with van der Waals surface area (Å²) < 4.78 is 33.5. The molecule has 0 bridgehead atoms. The van der Waals surface area contributed by atoms with Crippen LogP contribution in [-0.4, -0.2) is 65.5 Å². The van der Waals surface area contributed by atoms with E-state index in [4.69, 9.17) is 4.74 Å². The van der Waals surface area contributed by atoms with Crippen molar-refractivity contribution in [2.75, 3.05) is 26.3 Å². The third kappa shape index (κ3) is 3.65. The van der Waals surface area contributed by atoms with Gasteiger partial charge >= 0.3 is 5.97 Å². The summed E-state index contributed by atoms with van der Waals surface area (Å²) in [6, 6.07) is 14.2. The monoisotopic (exact) mass is 414 g/mol. The Hall–Kier alpha value is -3.08. The molecule has 0 aliphatic carbocycles. The van der Waals surface area contributed by atoms with Crippen molar-refractivity contribution >= 4 is 16.0 Å². The zero-order valence-electron chi connectivity index (χ0n) is 15.3. The summed E-state index contributed by atoms with van der Waals surface area (Å²) >= 11 is 0. The van der Waals surface area contributed by atoms with Gasteiger partial charge in [0.1, 0.15) is 5.69 Å². The minimum absolute atomic E-state index is 0.0165. The Balaban J connectivity index is 1.91. The standard InChI is InChI=1S/C19H18N4O5S/c24-19(25)18-17(20-22-21-18)15-7-6-14(13-4-2-1-3-5-13)12-16(15)29(26,27)23-8-10-28-11-9-23/h1-7,12H,8-11H2,(H,24,25)(H,20,21,22). The number of rotatable bonds is 5. The van der Waals surface area contributed by atoms with Gasteiger partial charge in [-0.3, -0.25) is 0 Å². The fraction of sp³-hybridized carbons (Fsp3) is 0.211. The van der Waals surface area contributed by atoms with E-state index in [0.29, 0.717) is 18.8 Å². The van der Waals surface area contributed by atoms with Gasteiger partial charge in [-0.05, 0) is 17.2 Å². The van der Waals surface area contributed by atoms with Crippen LogP contribution in [0.3, 0.4) is 0 Å². The van der Waals surface area contributed by atoms with E-state index in [0.717, 1.165) is 5.56 Å². The molecule has 2 N–H and O–H groups in total. The number of carboxylic acids is 1. The molecule has 0 saturated carbocycles. The Bertz CT molecular complexity index is 1140. The zero-order valence-corrected chi connectivity index (χ0v) is 16.1. The van der Waals surface area contributed by atoms with Gasteiger partial charge < -0.3 is 9.84 Å². The molecule has 0 atom stereocenters. The molecule has 10 heteroatoms. The molecule has 2 heterocycles. The van der Waals surface area contributed by atoms with E-state index < -0.39 is 16.0 Å². The minimum atomic E-state index is -3.91. The van der Waals surface area contributed by atoms with Crippen molar-refractivity contribution < 1.29 is 23.1 Å². The van der Waals surface area contributed by atoms with E-state index in [1.54, 1.807) is 18.2 Å². The van der Waals surface area contributed by atoms with Crippen molar-refractivity contribution in [1.82, 2.24) is 19.7 Å². The number of aromatic amines is 1. The number of nitrogens with one attached hydrogen (secondary N) is 1. The summed E-state index contributed by atoms with van der Waals surface area (Å²) in [6.45, 7) is 1.05. The lowest BCUT2D eigenvalue weighted by Gasteiger charge is -2.27. The Morgan fingerprint density at radius 1 is 1.03 bits per heavy atom. The number of benzene rings is 2. The second-order valence-corrected chi connectivity index (χ2v) is 8.33. The molecule has 1 aromatic heterocycles. The third-order valence-electron chi connectivity index (χ3n) is 4.68. The molecule has 0 spiro atoms. The molecule has 1 saturated heterocycles. The zero-order chi connectivity index (χ0) is 20.4. The molecule has 9 nitrogen and oxygen atoms in total. The molecule has 4 rings (SSSR count). The number of carboxylic acid groups (broad SMARTS) is 1. The first-order valence-electron chi connectivity index (χ1n) is 8.90. The van der Waals surface area contributed by atoms with Crippen LogP contribution < -0.4 is 0 Å². The largest absolute Gasteiger partial charge is 0.476 e. The highest BCUT2D eigenvalue weighted by molar-refractivity contribution is 7.89. The number of sulfonamides is 1. The van der Waals surface area contributed by atoms with Gasteiger partial charge in [-0.25, -0.2) is 13.2 Å². The van der Waals surface area contributed by atoms with Crippen LogP contribution >= 0.6 is 0 Å². The van der Waals surface area contributed by atoms with E-state index in [9.17, 15) is 18.3 Å². The van der Waals surface area contributed by atoms with Crippen LogP contribution in [0.4, 0.5) is 0 Å². The lowest BCUT2D eigenvalue weighted by atomic mass is 10.0. The van der Waals surface area contributed by atoms with Crippen molar-refractivity contribution in [3.05, 3.63) is 54.2 Å². The Morgan fingerprint density at radius 2 is 1.76 bits per heavy atom. The van der Waals surface area contributed by atoms with Gasteiger partial charge in [0, 0.05) is 18.7 Å². The second kappa shape index (κ2) is 7.74. The van der Waals surface area contributed by atoms with Gasteiger partial charge in [0.25, 0.3) is 0 Å². The van der Waals surface area contributed by atoms with E-state index >= 15 is 0 Å². The van der Waals surface area contributed by atoms with E-state index in [2.05, 4.69) is 15.4 Å². The highest BCUT2D eigenvalue weighted by Crippen LogP contribution is 2.34. The predicted molar refractivity (Wildman–Crippen MR) is 104 cm³/mol. The molecule has 1 fully saturated rings. The molecule has 0 amide bonds. The number of carbonyl (C=O) groups is 1. The molecule has 0 radical (unpaired) electrons. The first kappa shape index (κ1) is 19.2. The first-order valence-corrected chi connectivity index (χ1v) is 10.3. The summed E-state index contributed by atoms with van der Waals surface area (Å²) in [5.74, 6) is -1.30. The average Bonchev–Trinajstić information content (AvgIpc) is 3.25. The summed E-state index contributed by atoms with van der Waals surface area (Å²) in [5.41, 5.74) is 1.36. The lowest BCUT2D eigenvalue weighted by Crippen LogP contribution is -2.40. The van der Waals surface area contributed by atoms with Gasteiger partial charge in [-0.15, -0.1) is 5.10 Å². The highest BCUT2D eigenvalue weighted by atomic mass is 32.2. The molecule has 1 aliphatic heterocycles. The quantitative estimate of drug-likeness (QED) is 0.653. The molecule has 29 heavy (non-hydrogen) atoms. The van der Waals surface area contributed by atoms with E-state index in [1.807, 2.05) is 30.3 Å². The molecule has 2 aromatic carbocycles. The molecule has 150 valence electrons.